The predicted molar refractivity (Wildman–Crippen MR) is 151 cm³/mol. The maximum atomic E-state index is 14.0. The van der Waals surface area contributed by atoms with Crippen LogP contribution in [0, 0.1) is 11.2 Å². The zero-order chi connectivity index (χ0) is 30.1. The standard InChI is InChI=1S/C26H26ClFN4O7S2/c1-26(2,3)24(37)39-11-38-23(36)19-13(6-12-4-5-17(33)15(28)7-12)9-40-22-18(21(35)32(19)22)31-20(34)14(8-27)16-10-41-25(29)30-16/h4-5,7-8,10,18,22,33H,6,9,11H2,1-3H3,(H2,29,30)(H,31,34)/t18-,22+/m1/s1. The molecule has 2 aliphatic rings. The minimum absolute atomic E-state index is 0.0116. The number of carbonyl (C=O) groups excluding carboxylic acids is 4. The second-order valence-electron chi connectivity index (χ2n) is 10.1. The van der Waals surface area contributed by atoms with E-state index in [1.54, 1.807) is 26.2 Å². The molecule has 0 aliphatic carbocycles. The summed E-state index contributed by atoms with van der Waals surface area (Å²) >= 11 is 8.26. The molecule has 4 N–H and O–H groups in total. The van der Waals surface area contributed by atoms with Crippen molar-refractivity contribution >= 4 is 69.2 Å². The van der Waals surface area contributed by atoms with Crippen molar-refractivity contribution in [2.75, 3.05) is 18.3 Å². The normalized spacial score (nSPS) is 18.9. The minimum atomic E-state index is -0.996. The van der Waals surface area contributed by atoms with Crippen molar-refractivity contribution in [3.8, 4) is 5.75 Å². The molecule has 2 atom stereocenters. The van der Waals surface area contributed by atoms with Crippen LogP contribution < -0.4 is 11.1 Å². The number of thioether (sulfide) groups is 1. The lowest BCUT2D eigenvalue weighted by Crippen LogP contribution is -2.70. The van der Waals surface area contributed by atoms with E-state index in [4.69, 9.17) is 26.8 Å². The average Bonchev–Trinajstić information content (AvgIpc) is 3.34. The number of anilines is 1. The Bertz CT molecular complexity index is 1470. The van der Waals surface area contributed by atoms with Gasteiger partial charge >= 0.3 is 11.9 Å². The van der Waals surface area contributed by atoms with Gasteiger partial charge in [-0.05, 0) is 50.5 Å². The first-order valence-electron chi connectivity index (χ1n) is 12.1. The number of amides is 2. The van der Waals surface area contributed by atoms with E-state index in [1.165, 1.54) is 28.8 Å². The number of aromatic hydroxyl groups is 1. The van der Waals surface area contributed by atoms with Gasteiger partial charge in [-0.2, -0.15) is 0 Å². The third-order valence-corrected chi connectivity index (χ3v) is 8.33. The first-order chi connectivity index (χ1) is 19.3. The van der Waals surface area contributed by atoms with Crippen molar-refractivity contribution in [2.24, 2.45) is 5.41 Å². The number of aromatic nitrogens is 1. The summed E-state index contributed by atoms with van der Waals surface area (Å²) in [5.74, 6) is -3.89. The highest BCUT2D eigenvalue weighted by Crippen LogP contribution is 2.42. The molecular weight excluding hydrogens is 599 g/mol. The highest BCUT2D eigenvalue weighted by Gasteiger charge is 2.54. The zero-order valence-electron chi connectivity index (χ0n) is 22.1. The number of nitrogen functional groups attached to an aromatic ring is 1. The fraction of sp³-hybridized carbons (Fsp3) is 0.346. The Hall–Kier alpha value is -3.62. The Kier molecular flexibility index (Phi) is 8.94. The monoisotopic (exact) mass is 624 g/mol. The highest BCUT2D eigenvalue weighted by atomic mass is 35.5. The number of nitrogens with one attached hydrogen (secondary N) is 1. The number of fused-ring (bicyclic) bond motifs is 1. The summed E-state index contributed by atoms with van der Waals surface area (Å²) in [7, 11) is 0. The summed E-state index contributed by atoms with van der Waals surface area (Å²) in [4.78, 5) is 56.8. The van der Waals surface area contributed by atoms with Crippen LogP contribution in [-0.4, -0.2) is 62.7 Å². The molecule has 15 heteroatoms. The van der Waals surface area contributed by atoms with E-state index >= 15 is 0 Å². The largest absolute Gasteiger partial charge is 0.505 e. The first-order valence-corrected chi connectivity index (χ1v) is 14.5. The molecule has 1 saturated heterocycles. The summed E-state index contributed by atoms with van der Waals surface area (Å²) in [6.45, 7) is 4.23. The molecule has 4 rings (SSSR count). The average molecular weight is 625 g/mol. The molecule has 218 valence electrons. The summed E-state index contributed by atoms with van der Waals surface area (Å²) < 4.78 is 24.2. The summed E-state index contributed by atoms with van der Waals surface area (Å²) in [5, 5.41) is 13.3. The molecule has 3 heterocycles. The molecule has 2 aliphatic heterocycles. The fourth-order valence-corrected chi connectivity index (χ4v) is 6.11. The van der Waals surface area contributed by atoms with E-state index in [1.807, 2.05) is 0 Å². The highest BCUT2D eigenvalue weighted by molar-refractivity contribution is 8.00. The van der Waals surface area contributed by atoms with Gasteiger partial charge in [0.1, 0.15) is 17.1 Å². The van der Waals surface area contributed by atoms with Crippen LogP contribution in [0.5, 0.6) is 5.75 Å². The van der Waals surface area contributed by atoms with Gasteiger partial charge in [0.25, 0.3) is 11.8 Å². The number of carbonyl (C=O) groups is 4. The van der Waals surface area contributed by atoms with E-state index in [-0.39, 0.29) is 34.3 Å². The Labute approximate surface area is 247 Å². The Balaban J connectivity index is 1.56. The molecule has 0 saturated carbocycles. The van der Waals surface area contributed by atoms with Crippen LogP contribution in [0.1, 0.15) is 32.0 Å². The SMILES string of the molecule is CC(C)(C)C(=O)OCOC(=O)C1=C(Cc2ccc(O)c(F)c2)CS[C@H]2[C@H](NC(=O)C(=CCl)c3csc(N)n3)C(=O)N12. The third kappa shape index (κ3) is 6.49. The Morgan fingerprint density at radius 2 is 2.05 bits per heavy atom. The van der Waals surface area contributed by atoms with Crippen LogP contribution in [0.4, 0.5) is 9.52 Å². The fourth-order valence-electron chi connectivity index (χ4n) is 3.99. The maximum Gasteiger partial charge on any atom is 0.357 e. The van der Waals surface area contributed by atoms with Gasteiger partial charge in [-0.1, -0.05) is 17.7 Å². The molecule has 0 unspecified atom stereocenters. The van der Waals surface area contributed by atoms with E-state index in [0.29, 0.717) is 11.1 Å². The number of esters is 2. The van der Waals surface area contributed by atoms with Crippen LogP contribution in [0.3, 0.4) is 0 Å². The quantitative estimate of drug-likeness (QED) is 0.172. The number of phenols is 1. The predicted octanol–water partition coefficient (Wildman–Crippen LogP) is 3.14. The van der Waals surface area contributed by atoms with Crippen LogP contribution in [0.15, 0.2) is 40.4 Å². The van der Waals surface area contributed by atoms with E-state index in [9.17, 15) is 28.7 Å². The van der Waals surface area contributed by atoms with Crippen LogP contribution >= 0.6 is 34.7 Å². The number of nitrogens with two attached hydrogens (primary N) is 1. The van der Waals surface area contributed by atoms with Crippen molar-refractivity contribution in [1.82, 2.24) is 15.2 Å². The van der Waals surface area contributed by atoms with Gasteiger partial charge in [-0.3, -0.25) is 19.3 Å². The van der Waals surface area contributed by atoms with Crippen LogP contribution in [0.25, 0.3) is 5.57 Å². The van der Waals surface area contributed by atoms with Crippen LogP contribution in [0.2, 0.25) is 0 Å². The number of halogens is 2. The van der Waals surface area contributed by atoms with Crippen molar-refractivity contribution in [3.63, 3.8) is 0 Å². The summed E-state index contributed by atoms with van der Waals surface area (Å²) in [6.07, 6.45) is 0.0638. The first kappa shape index (κ1) is 30.3. The van der Waals surface area contributed by atoms with Gasteiger partial charge in [0, 0.05) is 16.7 Å². The van der Waals surface area contributed by atoms with Gasteiger partial charge in [0.05, 0.1) is 16.7 Å². The number of thiazole rings is 1. The van der Waals surface area contributed by atoms with Crippen molar-refractivity contribution in [2.45, 2.75) is 38.6 Å². The zero-order valence-corrected chi connectivity index (χ0v) is 24.5. The lowest BCUT2D eigenvalue weighted by Gasteiger charge is -2.49. The lowest BCUT2D eigenvalue weighted by molar-refractivity contribution is -0.173. The number of benzene rings is 1. The number of hydrogen-bond donors (Lipinski definition) is 3. The second-order valence-corrected chi connectivity index (χ2v) is 12.3. The van der Waals surface area contributed by atoms with Crippen molar-refractivity contribution in [3.05, 3.63) is 57.5 Å². The maximum absolute atomic E-state index is 14.0. The van der Waals surface area contributed by atoms with Gasteiger partial charge in [-0.15, -0.1) is 23.1 Å². The minimum Gasteiger partial charge on any atom is -0.505 e. The number of ether oxygens (including phenoxy) is 2. The van der Waals surface area contributed by atoms with Gasteiger partial charge in [0.2, 0.25) is 6.79 Å². The molecule has 11 nitrogen and oxygen atoms in total. The number of β-lactam (4-membered cyclic amide) rings is 1. The van der Waals surface area contributed by atoms with Crippen molar-refractivity contribution < 1.29 is 38.1 Å². The Morgan fingerprint density at radius 3 is 2.66 bits per heavy atom. The molecule has 2 aromatic rings. The van der Waals surface area contributed by atoms with E-state index in [0.717, 1.165) is 22.9 Å². The van der Waals surface area contributed by atoms with Gasteiger partial charge < -0.3 is 25.6 Å². The van der Waals surface area contributed by atoms with Gasteiger partial charge in [0.15, 0.2) is 16.7 Å². The molecule has 41 heavy (non-hydrogen) atoms. The molecular formula is C26H26ClFN4O7S2. The number of hydrogen-bond acceptors (Lipinski definition) is 11. The second kappa shape index (κ2) is 12.1. The number of phenolic OH excluding ortho intramolecular Hbond substituents is 1. The smallest absolute Gasteiger partial charge is 0.357 e. The van der Waals surface area contributed by atoms with Gasteiger partial charge in [-0.25, -0.2) is 14.2 Å². The van der Waals surface area contributed by atoms with Crippen molar-refractivity contribution in [1.29, 1.82) is 0 Å². The summed E-state index contributed by atoms with van der Waals surface area (Å²) in [5.41, 5.74) is 6.91. The number of nitrogens with zero attached hydrogens (tertiary/aromatic N) is 2. The topological polar surface area (TPSA) is 161 Å². The molecule has 0 radical (unpaired) electrons. The summed E-state index contributed by atoms with van der Waals surface area (Å²) in [6, 6.07) is 2.80. The number of rotatable bonds is 8. The van der Waals surface area contributed by atoms with E-state index in [2.05, 4.69) is 10.3 Å². The van der Waals surface area contributed by atoms with E-state index < -0.39 is 58.9 Å². The Morgan fingerprint density at radius 1 is 1.32 bits per heavy atom. The molecule has 2 amide bonds. The molecule has 0 bridgehead atoms. The lowest BCUT2D eigenvalue weighted by atomic mass is 9.98. The van der Waals surface area contributed by atoms with Crippen LogP contribution in [-0.2, 0) is 35.1 Å². The molecule has 1 fully saturated rings. The molecule has 1 aromatic heterocycles. The third-order valence-electron chi connectivity index (χ3n) is 6.10. The molecule has 1 aromatic carbocycles. The molecule has 0 spiro atoms.